The fourth-order valence-corrected chi connectivity index (χ4v) is 2.77. The van der Waals surface area contributed by atoms with Crippen LogP contribution in [0.5, 0.6) is 0 Å². The lowest BCUT2D eigenvalue weighted by Gasteiger charge is -2.35. The van der Waals surface area contributed by atoms with Crippen molar-refractivity contribution in [1.82, 2.24) is 20.1 Å². The van der Waals surface area contributed by atoms with Gasteiger partial charge in [0.25, 0.3) is 0 Å². The molecule has 2 rings (SSSR count). The summed E-state index contributed by atoms with van der Waals surface area (Å²) in [6, 6.07) is 3.34. The Hall–Kier alpha value is -1.99. The van der Waals surface area contributed by atoms with Gasteiger partial charge in [-0.05, 0) is 18.6 Å². The van der Waals surface area contributed by atoms with E-state index in [1.807, 2.05) is 24.0 Å². The van der Waals surface area contributed by atoms with Crippen LogP contribution >= 0.6 is 0 Å². The van der Waals surface area contributed by atoms with E-state index < -0.39 is 6.04 Å². The highest BCUT2D eigenvalue weighted by Gasteiger charge is 2.32. The maximum Gasteiger partial charge on any atom is 0.237 e. The van der Waals surface area contributed by atoms with E-state index in [1.165, 1.54) is 0 Å². The quantitative estimate of drug-likeness (QED) is 0.715. The van der Waals surface area contributed by atoms with Crippen molar-refractivity contribution in [2.45, 2.75) is 25.9 Å². The van der Waals surface area contributed by atoms with Gasteiger partial charge in [0.1, 0.15) is 0 Å². The van der Waals surface area contributed by atoms with Gasteiger partial charge in [0.05, 0.1) is 19.1 Å². The number of hydrogen-bond acceptors (Lipinski definition) is 5. The minimum Gasteiger partial charge on any atom is -0.395 e. The molecule has 7 heteroatoms. The smallest absolute Gasteiger partial charge is 0.237 e. The van der Waals surface area contributed by atoms with Gasteiger partial charge in [-0.25, -0.2) is 0 Å². The van der Waals surface area contributed by atoms with Gasteiger partial charge in [-0.15, -0.1) is 0 Å². The van der Waals surface area contributed by atoms with Crippen LogP contribution in [0.4, 0.5) is 0 Å². The molecule has 0 aromatic carbocycles. The van der Waals surface area contributed by atoms with Gasteiger partial charge in [0.2, 0.25) is 11.8 Å². The Labute approximate surface area is 136 Å². The second kappa shape index (κ2) is 8.59. The molecule has 0 unspecified atom stereocenters. The number of likely N-dealkylation sites (N-methyl/N-ethyl adjacent to an activating group) is 1. The van der Waals surface area contributed by atoms with Crippen LogP contribution in [0.3, 0.4) is 0 Å². The molecule has 1 aliphatic rings. The van der Waals surface area contributed by atoms with E-state index >= 15 is 0 Å². The van der Waals surface area contributed by atoms with E-state index in [0.717, 1.165) is 5.56 Å². The first kappa shape index (κ1) is 17.4. The van der Waals surface area contributed by atoms with E-state index in [1.54, 1.807) is 17.3 Å². The molecule has 2 heterocycles. The van der Waals surface area contributed by atoms with Gasteiger partial charge in [-0.2, -0.15) is 0 Å². The van der Waals surface area contributed by atoms with Crippen LogP contribution in [-0.4, -0.2) is 70.5 Å². The van der Waals surface area contributed by atoms with Crippen molar-refractivity contribution >= 4 is 11.8 Å². The topological polar surface area (TPSA) is 85.8 Å². The minimum absolute atomic E-state index is 0.0736. The number of rotatable bonds is 7. The highest BCUT2D eigenvalue weighted by molar-refractivity contribution is 5.88. The first-order valence-corrected chi connectivity index (χ1v) is 7.95. The molecule has 1 saturated heterocycles. The van der Waals surface area contributed by atoms with Crippen molar-refractivity contribution in [2.24, 2.45) is 0 Å². The normalized spacial score (nSPS) is 18.5. The van der Waals surface area contributed by atoms with Gasteiger partial charge in [-0.3, -0.25) is 19.5 Å². The summed E-state index contributed by atoms with van der Waals surface area (Å²) in [6.07, 6.45) is 3.61. The number of hydrogen-bond donors (Lipinski definition) is 2. The number of nitrogens with zero attached hydrogens (tertiary/aromatic N) is 3. The van der Waals surface area contributed by atoms with Crippen molar-refractivity contribution in [1.29, 1.82) is 0 Å². The summed E-state index contributed by atoms with van der Waals surface area (Å²) in [4.78, 5) is 32.3. The summed E-state index contributed by atoms with van der Waals surface area (Å²) in [7, 11) is 0. The Balaban J connectivity index is 2.05. The van der Waals surface area contributed by atoms with Crippen molar-refractivity contribution in [2.75, 3.05) is 32.8 Å². The Morgan fingerprint density at radius 1 is 1.57 bits per heavy atom. The van der Waals surface area contributed by atoms with Gasteiger partial charge in [-0.1, -0.05) is 6.07 Å². The standard InChI is InChI=1S/C16H24N4O3/c1-2-19(8-9-21)15(22)10-14-16(23)18-6-7-20(14)12-13-4-3-5-17-11-13/h3-5,11,14,21H,2,6-10,12H2,1H3,(H,18,23)/t14-/m1/s1. The molecule has 0 saturated carbocycles. The molecular formula is C16H24N4O3. The van der Waals surface area contributed by atoms with E-state index in [0.29, 0.717) is 32.7 Å². The van der Waals surface area contributed by atoms with Crippen molar-refractivity contribution < 1.29 is 14.7 Å². The summed E-state index contributed by atoms with van der Waals surface area (Å²) < 4.78 is 0. The molecule has 1 atom stereocenters. The highest BCUT2D eigenvalue weighted by atomic mass is 16.3. The first-order chi connectivity index (χ1) is 11.2. The molecule has 126 valence electrons. The number of carbonyl (C=O) groups excluding carboxylic acids is 2. The van der Waals surface area contributed by atoms with Gasteiger partial charge in [0.15, 0.2) is 0 Å². The van der Waals surface area contributed by atoms with Gasteiger partial charge < -0.3 is 15.3 Å². The molecule has 7 nitrogen and oxygen atoms in total. The van der Waals surface area contributed by atoms with Gasteiger partial charge in [0, 0.05) is 45.1 Å². The monoisotopic (exact) mass is 320 g/mol. The molecule has 0 bridgehead atoms. The summed E-state index contributed by atoms with van der Waals surface area (Å²) in [6.45, 7) is 4.48. The molecule has 0 aliphatic carbocycles. The zero-order valence-electron chi connectivity index (χ0n) is 13.4. The number of aromatic nitrogens is 1. The van der Waals surface area contributed by atoms with E-state index in [-0.39, 0.29) is 24.8 Å². The molecule has 1 aromatic heterocycles. The first-order valence-electron chi connectivity index (χ1n) is 7.95. The van der Waals surface area contributed by atoms with Crippen molar-refractivity contribution in [3.05, 3.63) is 30.1 Å². The Morgan fingerprint density at radius 3 is 3.04 bits per heavy atom. The summed E-state index contributed by atoms with van der Waals surface area (Å²) in [5, 5.41) is 11.9. The number of aliphatic hydroxyl groups is 1. The number of nitrogens with one attached hydrogen (secondary N) is 1. The fraction of sp³-hybridized carbons (Fsp3) is 0.562. The van der Waals surface area contributed by atoms with E-state index in [4.69, 9.17) is 5.11 Å². The largest absolute Gasteiger partial charge is 0.395 e. The average Bonchev–Trinajstić information content (AvgIpc) is 2.56. The highest BCUT2D eigenvalue weighted by Crippen LogP contribution is 2.14. The maximum atomic E-state index is 12.4. The van der Waals surface area contributed by atoms with Crippen LogP contribution in [0, 0.1) is 0 Å². The predicted octanol–water partition coefficient (Wildman–Crippen LogP) is -0.387. The third-order valence-electron chi connectivity index (χ3n) is 4.02. The summed E-state index contributed by atoms with van der Waals surface area (Å²) in [5.74, 6) is -0.228. The SMILES string of the molecule is CCN(CCO)C(=O)C[C@@H]1C(=O)NCCN1Cc1cccnc1. The molecule has 0 spiro atoms. The molecule has 1 fully saturated rings. The maximum absolute atomic E-state index is 12.4. The molecule has 0 radical (unpaired) electrons. The Morgan fingerprint density at radius 2 is 2.39 bits per heavy atom. The van der Waals surface area contributed by atoms with E-state index in [2.05, 4.69) is 10.3 Å². The van der Waals surface area contributed by atoms with Crippen molar-refractivity contribution in [3.8, 4) is 0 Å². The number of pyridine rings is 1. The molecular weight excluding hydrogens is 296 g/mol. The van der Waals surface area contributed by atoms with Crippen LogP contribution in [0.25, 0.3) is 0 Å². The van der Waals surface area contributed by atoms with Gasteiger partial charge >= 0.3 is 0 Å². The number of amides is 2. The lowest BCUT2D eigenvalue weighted by atomic mass is 10.1. The Kier molecular flexibility index (Phi) is 6.49. The molecule has 2 amide bonds. The molecule has 1 aliphatic heterocycles. The van der Waals surface area contributed by atoms with Crippen LogP contribution in [0.15, 0.2) is 24.5 Å². The fourth-order valence-electron chi connectivity index (χ4n) is 2.77. The second-order valence-corrected chi connectivity index (χ2v) is 5.54. The van der Waals surface area contributed by atoms with Crippen LogP contribution < -0.4 is 5.32 Å². The summed E-state index contributed by atoms with van der Waals surface area (Å²) in [5.41, 5.74) is 1.02. The van der Waals surface area contributed by atoms with Crippen LogP contribution in [0.1, 0.15) is 18.9 Å². The summed E-state index contributed by atoms with van der Waals surface area (Å²) >= 11 is 0. The third-order valence-corrected chi connectivity index (χ3v) is 4.02. The van der Waals surface area contributed by atoms with Crippen molar-refractivity contribution in [3.63, 3.8) is 0 Å². The lowest BCUT2D eigenvalue weighted by molar-refractivity contribution is -0.139. The third kappa shape index (κ3) is 4.74. The van der Waals surface area contributed by atoms with Crippen LogP contribution in [0.2, 0.25) is 0 Å². The zero-order chi connectivity index (χ0) is 16.7. The Bertz CT molecular complexity index is 523. The average molecular weight is 320 g/mol. The number of aliphatic hydroxyl groups excluding tert-OH is 1. The predicted molar refractivity (Wildman–Crippen MR) is 85.4 cm³/mol. The minimum atomic E-state index is -0.482. The lowest BCUT2D eigenvalue weighted by Crippen LogP contribution is -2.56. The zero-order valence-corrected chi connectivity index (χ0v) is 13.4. The second-order valence-electron chi connectivity index (χ2n) is 5.54. The molecule has 1 aromatic rings. The molecule has 2 N–H and O–H groups in total. The number of piperazine rings is 1. The number of carbonyl (C=O) groups is 2. The van der Waals surface area contributed by atoms with Crippen LogP contribution in [-0.2, 0) is 16.1 Å². The van der Waals surface area contributed by atoms with E-state index in [9.17, 15) is 9.59 Å². The molecule has 23 heavy (non-hydrogen) atoms.